The topological polar surface area (TPSA) is 66.4 Å². The zero-order chi connectivity index (χ0) is 13.7. The highest BCUT2D eigenvalue weighted by Crippen LogP contribution is 2.11. The molecule has 0 aromatic heterocycles. The Morgan fingerprint density at radius 2 is 2.11 bits per heavy atom. The number of aliphatic carboxylic acids is 1. The molecular weight excluding hydrogens is 237 g/mol. The number of carboxylic acids is 1. The fraction of sp³-hybridized carbons (Fsp3) is 0.385. The highest BCUT2D eigenvalue weighted by molar-refractivity contribution is 5.96. The number of rotatable bonds is 5. The molecule has 0 radical (unpaired) electrons. The number of carbonyl (C=O) groups is 2. The normalized spacial score (nSPS) is 11.9. The zero-order valence-corrected chi connectivity index (χ0v) is 10.4. The second-order valence-corrected chi connectivity index (χ2v) is 4.14. The third-order valence-electron chi connectivity index (χ3n) is 2.69. The monoisotopic (exact) mass is 253 g/mol. The second-order valence-electron chi connectivity index (χ2n) is 4.14. The van der Waals surface area contributed by atoms with Crippen LogP contribution < -0.4 is 5.32 Å². The number of amides is 1. The minimum atomic E-state index is -0.974. The van der Waals surface area contributed by atoms with E-state index in [9.17, 15) is 14.0 Å². The molecule has 0 saturated carbocycles. The van der Waals surface area contributed by atoms with E-state index in [1.54, 1.807) is 13.8 Å². The van der Waals surface area contributed by atoms with E-state index in [0.717, 1.165) is 6.07 Å². The van der Waals surface area contributed by atoms with Crippen LogP contribution in [0.15, 0.2) is 18.2 Å². The van der Waals surface area contributed by atoms with Gasteiger partial charge >= 0.3 is 5.97 Å². The summed E-state index contributed by atoms with van der Waals surface area (Å²) in [6, 6.07) is 3.50. The first-order valence-corrected chi connectivity index (χ1v) is 5.72. The van der Waals surface area contributed by atoms with Crippen molar-refractivity contribution in [1.29, 1.82) is 0 Å². The van der Waals surface area contributed by atoms with Crippen LogP contribution in [-0.2, 0) is 4.79 Å². The molecule has 0 aliphatic rings. The summed E-state index contributed by atoms with van der Waals surface area (Å²) in [7, 11) is 0. The summed E-state index contributed by atoms with van der Waals surface area (Å²) < 4.78 is 13.1. The van der Waals surface area contributed by atoms with Gasteiger partial charge in [-0.2, -0.15) is 0 Å². The van der Waals surface area contributed by atoms with Crippen LogP contribution in [0.1, 0.15) is 35.7 Å². The van der Waals surface area contributed by atoms with E-state index in [1.807, 2.05) is 0 Å². The molecule has 18 heavy (non-hydrogen) atoms. The van der Waals surface area contributed by atoms with E-state index in [1.165, 1.54) is 12.1 Å². The molecule has 0 saturated heterocycles. The summed E-state index contributed by atoms with van der Waals surface area (Å²) in [5, 5.41) is 11.3. The molecule has 1 amide bonds. The minimum absolute atomic E-state index is 0.142. The van der Waals surface area contributed by atoms with Gasteiger partial charge in [-0.25, -0.2) is 4.39 Å². The van der Waals surface area contributed by atoms with Crippen LogP contribution in [0.4, 0.5) is 4.39 Å². The molecule has 1 rings (SSSR count). The SMILES string of the molecule is CCC(CC(=O)O)NC(=O)c1cc(F)ccc1C. The van der Waals surface area contributed by atoms with Gasteiger partial charge in [0.25, 0.3) is 5.91 Å². The van der Waals surface area contributed by atoms with Crippen molar-refractivity contribution in [3.63, 3.8) is 0 Å². The highest BCUT2D eigenvalue weighted by atomic mass is 19.1. The number of aryl methyl sites for hydroxylation is 1. The van der Waals surface area contributed by atoms with Crippen LogP contribution in [0.3, 0.4) is 0 Å². The Balaban J connectivity index is 2.80. The van der Waals surface area contributed by atoms with Crippen molar-refractivity contribution in [1.82, 2.24) is 5.32 Å². The average molecular weight is 253 g/mol. The Morgan fingerprint density at radius 1 is 1.44 bits per heavy atom. The maximum Gasteiger partial charge on any atom is 0.305 e. The summed E-state index contributed by atoms with van der Waals surface area (Å²) >= 11 is 0. The molecule has 5 heteroatoms. The van der Waals surface area contributed by atoms with Crippen LogP contribution in [0.2, 0.25) is 0 Å². The van der Waals surface area contributed by atoms with Crippen LogP contribution >= 0.6 is 0 Å². The standard InChI is InChI=1S/C13H16FNO3/c1-3-10(7-12(16)17)15-13(18)11-6-9(14)5-4-8(11)2/h4-6,10H,3,7H2,1-2H3,(H,15,18)(H,16,17). The number of carboxylic acid groups (broad SMARTS) is 1. The maximum absolute atomic E-state index is 13.1. The molecule has 1 atom stereocenters. The zero-order valence-electron chi connectivity index (χ0n) is 10.4. The first-order chi connectivity index (χ1) is 8.43. The lowest BCUT2D eigenvalue weighted by Crippen LogP contribution is -2.36. The summed E-state index contributed by atoms with van der Waals surface area (Å²) in [6.45, 7) is 3.48. The van der Waals surface area contributed by atoms with E-state index in [4.69, 9.17) is 5.11 Å². The predicted molar refractivity (Wildman–Crippen MR) is 64.9 cm³/mol. The van der Waals surface area contributed by atoms with E-state index in [0.29, 0.717) is 12.0 Å². The molecule has 1 aromatic rings. The van der Waals surface area contributed by atoms with Gasteiger partial charge < -0.3 is 10.4 Å². The molecule has 0 aliphatic carbocycles. The number of halogens is 1. The van der Waals surface area contributed by atoms with Gasteiger partial charge in [-0.05, 0) is 31.0 Å². The quantitative estimate of drug-likeness (QED) is 0.844. The van der Waals surface area contributed by atoms with E-state index >= 15 is 0 Å². The van der Waals surface area contributed by atoms with E-state index in [2.05, 4.69) is 5.32 Å². The lowest BCUT2D eigenvalue weighted by Gasteiger charge is -2.15. The third kappa shape index (κ3) is 3.84. The summed E-state index contributed by atoms with van der Waals surface area (Å²) in [4.78, 5) is 22.5. The van der Waals surface area contributed by atoms with Gasteiger partial charge in [-0.15, -0.1) is 0 Å². The Hall–Kier alpha value is -1.91. The first-order valence-electron chi connectivity index (χ1n) is 5.72. The first kappa shape index (κ1) is 14.2. The Kier molecular flexibility index (Phi) is 4.83. The second kappa shape index (κ2) is 6.14. The molecule has 0 aliphatic heterocycles. The van der Waals surface area contributed by atoms with Gasteiger partial charge in [0.15, 0.2) is 0 Å². The molecule has 98 valence electrons. The molecule has 0 fully saturated rings. The lowest BCUT2D eigenvalue weighted by molar-refractivity contribution is -0.137. The molecule has 2 N–H and O–H groups in total. The molecule has 4 nitrogen and oxygen atoms in total. The molecule has 0 spiro atoms. The molecule has 1 unspecified atom stereocenters. The van der Waals surface area contributed by atoms with Crippen molar-refractivity contribution in [2.75, 3.05) is 0 Å². The molecule has 0 bridgehead atoms. The third-order valence-corrected chi connectivity index (χ3v) is 2.69. The minimum Gasteiger partial charge on any atom is -0.481 e. The van der Waals surface area contributed by atoms with Gasteiger partial charge in [-0.3, -0.25) is 9.59 Å². The summed E-state index contributed by atoms with van der Waals surface area (Å²) in [5.74, 6) is -1.91. The average Bonchev–Trinajstić information content (AvgIpc) is 2.30. The summed E-state index contributed by atoms with van der Waals surface area (Å²) in [5.41, 5.74) is 0.887. The van der Waals surface area contributed by atoms with E-state index in [-0.39, 0.29) is 12.0 Å². The number of carbonyl (C=O) groups excluding carboxylic acids is 1. The van der Waals surface area contributed by atoms with Crippen LogP contribution in [-0.4, -0.2) is 23.0 Å². The van der Waals surface area contributed by atoms with Crippen LogP contribution in [0.25, 0.3) is 0 Å². The molecular formula is C13H16FNO3. The number of benzene rings is 1. The fourth-order valence-corrected chi connectivity index (χ4v) is 1.61. The van der Waals surface area contributed by atoms with Crippen LogP contribution in [0.5, 0.6) is 0 Å². The smallest absolute Gasteiger partial charge is 0.305 e. The number of hydrogen-bond donors (Lipinski definition) is 2. The maximum atomic E-state index is 13.1. The van der Waals surface area contributed by atoms with Gasteiger partial charge in [0.05, 0.1) is 6.42 Å². The largest absolute Gasteiger partial charge is 0.481 e. The summed E-state index contributed by atoms with van der Waals surface area (Å²) in [6.07, 6.45) is 0.364. The van der Waals surface area contributed by atoms with Gasteiger partial charge in [0, 0.05) is 11.6 Å². The Bertz CT molecular complexity index is 460. The van der Waals surface area contributed by atoms with Crippen molar-refractivity contribution in [3.05, 3.63) is 35.1 Å². The fourth-order valence-electron chi connectivity index (χ4n) is 1.61. The van der Waals surface area contributed by atoms with Crippen molar-refractivity contribution in [3.8, 4) is 0 Å². The van der Waals surface area contributed by atoms with Crippen molar-refractivity contribution in [2.45, 2.75) is 32.7 Å². The Labute approximate surface area is 105 Å². The van der Waals surface area contributed by atoms with E-state index < -0.39 is 23.7 Å². The predicted octanol–water partition coefficient (Wildman–Crippen LogP) is 2.12. The number of hydrogen-bond acceptors (Lipinski definition) is 2. The van der Waals surface area contributed by atoms with Crippen LogP contribution in [0, 0.1) is 12.7 Å². The van der Waals surface area contributed by atoms with Gasteiger partial charge in [0.2, 0.25) is 0 Å². The molecule has 1 aromatic carbocycles. The van der Waals surface area contributed by atoms with Crippen molar-refractivity contribution in [2.24, 2.45) is 0 Å². The van der Waals surface area contributed by atoms with Crippen molar-refractivity contribution >= 4 is 11.9 Å². The van der Waals surface area contributed by atoms with Gasteiger partial charge in [-0.1, -0.05) is 13.0 Å². The van der Waals surface area contributed by atoms with Crippen molar-refractivity contribution < 1.29 is 19.1 Å². The molecule has 0 heterocycles. The highest BCUT2D eigenvalue weighted by Gasteiger charge is 2.16. The Morgan fingerprint density at radius 3 is 2.67 bits per heavy atom. The van der Waals surface area contributed by atoms with Gasteiger partial charge in [0.1, 0.15) is 5.82 Å². The number of nitrogens with one attached hydrogen (secondary N) is 1. The lowest BCUT2D eigenvalue weighted by atomic mass is 10.1.